The summed E-state index contributed by atoms with van der Waals surface area (Å²) in [7, 11) is 0. The fourth-order valence-corrected chi connectivity index (χ4v) is 10.5. The van der Waals surface area contributed by atoms with Gasteiger partial charge in [0.1, 0.15) is 13.2 Å². The molecule has 83 heavy (non-hydrogen) atoms. The van der Waals surface area contributed by atoms with E-state index in [1.807, 2.05) is 0 Å². The van der Waals surface area contributed by atoms with E-state index in [1.54, 1.807) is 0 Å². The van der Waals surface area contributed by atoms with Gasteiger partial charge in [-0.25, -0.2) is 0 Å². The number of unbranched alkanes of at least 4 members (excludes halogenated alkanes) is 41. The summed E-state index contributed by atoms with van der Waals surface area (Å²) in [4.78, 5) is 38.5. The van der Waals surface area contributed by atoms with Crippen LogP contribution < -0.4 is 0 Å². The van der Waals surface area contributed by atoms with Gasteiger partial charge in [0, 0.05) is 19.3 Å². The maximum absolute atomic E-state index is 13.0. The van der Waals surface area contributed by atoms with Crippen molar-refractivity contribution in [2.75, 3.05) is 13.2 Å². The van der Waals surface area contributed by atoms with Gasteiger partial charge in [-0.3, -0.25) is 14.4 Å². The lowest BCUT2D eigenvalue weighted by atomic mass is 10.0. The van der Waals surface area contributed by atoms with Crippen LogP contribution in [0.15, 0.2) is 85.1 Å². The van der Waals surface area contributed by atoms with E-state index < -0.39 is 6.10 Å². The van der Waals surface area contributed by atoms with E-state index in [0.29, 0.717) is 19.3 Å². The second-order valence-electron chi connectivity index (χ2n) is 24.1. The fourth-order valence-electron chi connectivity index (χ4n) is 10.5. The van der Waals surface area contributed by atoms with Gasteiger partial charge in [-0.05, 0) is 96.3 Å². The van der Waals surface area contributed by atoms with E-state index >= 15 is 0 Å². The van der Waals surface area contributed by atoms with Crippen LogP contribution in [0.5, 0.6) is 0 Å². The summed E-state index contributed by atoms with van der Waals surface area (Å²) in [5.74, 6) is -0.873. The van der Waals surface area contributed by atoms with E-state index in [-0.39, 0.29) is 31.1 Å². The highest BCUT2D eigenvalue weighted by atomic mass is 16.6. The second-order valence-corrected chi connectivity index (χ2v) is 24.1. The lowest BCUT2D eigenvalue weighted by molar-refractivity contribution is -0.167. The highest BCUT2D eigenvalue weighted by Gasteiger charge is 2.19. The Hall–Kier alpha value is -3.41. The lowest BCUT2D eigenvalue weighted by Gasteiger charge is -2.18. The topological polar surface area (TPSA) is 78.9 Å². The quantitative estimate of drug-likeness (QED) is 0.0261. The molecule has 0 radical (unpaired) electrons. The van der Waals surface area contributed by atoms with Gasteiger partial charge in [0.15, 0.2) is 6.10 Å². The summed E-state index contributed by atoms with van der Waals surface area (Å²) in [6, 6.07) is 0. The molecule has 6 heteroatoms. The Bertz CT molecular complexity index is 1570. The third-order valence-corrected chi connectivity index (χ3v) is 15.9. The molecule has 0 fully saturated rings. The summed E-state index contributed by atoms with van der Waals surface area (Å²) in [6.07, 6.45) is 94.6. The van der Waals surface area contributed by atoms with Gasteiger partial charge in [-0.1, -0.05) is 337 Å². The Morgan fingerprint density at radius 1 is 0.253 bits per heavy atom. The number of hydrogen-bond donors (Lipinski definition) is 0. The molecule has 0 saturated carbocycles. The van der Waals surface area contributed by atoms with Crippen molar-refractivity contribution in [3.63, 3.8) is 0 Å². The molecule has 0 rings (SSSR count). The number of hydrogen-bond acceptors (Lipinski definition) is 6. The van der Waals surface area contributed by atoms with Crippen molar-refractivity contribution in [1.29, 1.82) is 0 Å². The molecular formula is C77H136O6. The molecule has 0 aliphatic heterocycles. The van der Waals surface area contributed by atoms with Crippen LogP contribution in [0.4, 0.5) is 0 Å². The average Bonchev–Trinajstić information content (AvgIpc) is 3.49. The molecule has 1 atom stereocenters. The van der Waals surface area contributed by atoms with Gasteiger partial charge < -0.3 is 14.2 Å². The molecule has 1 unspecified atom stereocenters. The first-order chi connectivity index (χ1) is 41.0. The van der Waals surface area contributed by atoms with Crippen LogP contribution in [0, 0.1) is 0 Å². The normalized spacial score (nSPS) is 12.6. The van der Waals surface area contributed by atoms with Crippen LogP contribution in [0.3, 0.4) is 0 Å². The van der Waals surface area contributed by atoms with Crippen molar-refractivity contribution in [2.24, 2.45) is 0 Å². The van der Waals surface area contributed by atoms with E-state index in [0.717, 1.165) is 109 Å². The predicted molar refractivity (Wildman–Crippen MR) is 362 cm³/mol. The molecule has 0 aromatic rings. The first kappa shape index (κ1) is 79.6. The summed E-state index contributed by atoms with van der Waals surface area (Å²) in [5, 5.41) is 0. The van der Waals surface area contributed by atoms with Gasteiger partial charge in [-0.2, -0.15) is 0 Å². The molecule has 0 saturated heterocycles. The zero-order valence-corrected chi connectivity index (χ0v) is 55.2. The highest BCUT2D eigenvalue weighted by molar-refractivity contribution is 5.71. The van der Waals surface area contributed by atoms with Crippen LogP contribution in [-0.2, 0) is 28.6 Å². The summed E-state index contributed by atoms with van der Waals surface area (Å²) in [5.41, 5.74) is 0. The van der Waals surface area contributed by atoms with Crippen molar-refractivity contribution < 1.29 is 28.6 Å². The number of carbonyl (C=O) groups is 3. The summed E-state index contributed by atoms with van der Waals surface area (Å²) >= 11 is 0. The van der Waals surface area contributed by atoms with Crippen LogP contribution in [0.2, 0.25) is 0 Å². The molecule has 0 bridgehead atoms. The van der Waals surface area contributed by atoms with E-state index in [4.69, 9.17) is 14.2 Å². The summed E-state index contributed by atoms with van der Waals surface area (Å²) < 4.78 is 17.0. The molecule has 480 valence electrons. The van der Waals surface area contributed by atoms with Crippen LogP contribution >= 0.6 is 0 Å². The van der Waals surface area contributed by atoms with E-state index in [2.05, 4.69) is 106 Å². The largest absolute Gasteiger partial charge is 0.462 e. The molecule has 0 aromatic carbocycles. The number of ether oxygens (including phenoxy) is 3. The predicted octanol–water partition coefficient (Wildman–Crippen LogP) is 25.0. The van der Waals surface area contributed by atoms with Gasteiger partial charge in [0.25, 0.3) is 0 Å². The molecular weight excluding hydrogens is 1020 g/mol. The lowest BCUT2D eigenvalue weighted by Crippen LogP contribution is -2.30. The third-order valence-electron chi connectivity index (χ3n) is 15.9. The average molecular weight is 1160 g/mol. The third kappa shape index (κ3) is 69.3. The zero-order valence-electron chi connectivity index (χ0n) is 55.2. The minimum atomic E-state index is -0.784. The number of esters is 3. The molecule has 0 aliphatic carbocycles. The molecule has 0 aromatic heterocycles. The van der Waals surface area contributed by atoms with Gasteiger partial charge in [0.05, 0.1) is 0 Å². The Balaban J connectivity index is 4.32. The monoisotopic (exact) mass is 1160 g/mol. The SMILES string of the molecule is CC/C=C\C/C=C\C/C=C\C/C=C\C/C=C\CCCCCCCCCCCCCC(=O)OCC(COC(=O)CCCCCCC/C=C\C/C=C\CCCCCC)OC(=O)CCCCCCCCCCCCCCCCCCCCCCCC. The van der Waals surface area contributed by atoms with Gasteiger partial charge >= 0.3 is 17.9 Å². The Morgan fingerprint density at radius 3 is 0.747 bits per heavy atom. The maximum atomic E-state index is 13.0. The van der Waals surface area contributed by atoms with Crippen molar-refractivity contribution in [2.45, 2.75) is 374 Å². The van der Waals surface area contributed by atoms with Crippen molar-refractivity contribution in [3.8, 4) is 0 Å². The molecule has 0 N–H and O–H groups in total. The minimum absolute atomic E-state index is 0.0790. The Labute approximate surface area is 515 Å². The van der Waals surface area contributed by atoms with Crippen molar-refractivity contribution in [3.05, 3.63) is 85.1 Å². The molecule has 0 heterocycles. The van der Waals surface area contributed by atoms with Crippen LogP contribution in [-0.4, -0.2) is 37.2 Å². The highest BCUT2D eigenvalue weighted by Crippen LogP contribution is 2.18. The Morgan fingerprint density at radius 2 is 0.470 bits per heavy atom. The van der Waals surface area contributed by atoms with Gasteiger partial charge in [-0.15, -0.1) is 0 Å². The van der Waals surface area contributed by atoms with E-state index in [1.165, 1.54) is 218 Å². The molecule has 0 amide bonds. The number of rotatable bonds is 66. The standard InChI is InChI=1S/C77H136O6/c1-4-7-10-13-16-19-22-25-28-31-33-35-37-38-39-40-41-43-44-46-49-52-55-58-61-64-67-70-76(79)82-73-74(72-81-75(78)69-66-63-60-57-54-51-48-30-27-24-21-18-15-12-9-6-3)83-77(80)71-68-65-62-59-56-53-50-47-45-42-36-34-32-29-26-23-20-17-14-11-8-5-2/h7,10,16,19,21,24-25,28,30,33,35,38-39,48,74H,4-6,8-9,11-15,17-18,20,22-23,26-27,29,31-32,34,36-37,40-47,49-73H2,1-3H3/b10-7-,19-16-,24-21-,28-25-,35-33-,39-38-,48-30-. The fraction of sp³-hybridized carbons (Fsp3) is 0.779. The summed E-state index contributed by atoms with van der Waals surface area (Å²) in [6.45, 7) is 6.55. The van der Waals surface area contributed by atoms with Crippen molar-refractivity contribution >= 4 is 17.9 Å². The number of carbonyl (C=O) groups excluding carboxylic acids is 3. The van der Waals surface area contributed by atoms with E-state index in [9.17, 15) is 14.4 Å². The van der Waals surface area contributed by atoms with Crippen LogP contribution in [0.25, 0.3) is 0 Å². The molecule has 6 nitrogen and oxygen atoms in total. The first-order valence-electron chi connectivity index (χ1n) is 36.1. The Kier molecular flexibility index (Phi) is 68.2. The molecule has 0 spiro atoms. The zero-order chi connectivity index (χ0) is 59.9. The van der Waals surface area contributed by atoms with Crippen molar-refractivity contribution in [1.82, 2.24) is 0 Å². The maximum Gasteiger partial charge on any atom is 0.306 e. The minimum Gasteiger partial charge on any atom is -0.462 e. The second kappa shape index (κ2) is 71.1. The molecule has 0 aliphatic rings. The number of allylic oxidation sites excluding steroid dienone is 14. The smallest absolute Gasteiger partial charge is 0.306 e. The van der Waals surface area contributed by atoms with Gasteiger partial charge in [0.2, 0.25) is 0 Å². The first-order valence-corrected chi connectivity index (χ1v) is 36.1. The van der Waals surface area contributed by atoms with Crippen LogP contribution in [0.1, 0.15) is 367 Å².